The molecular weight excluding hydrogens is 284 g/mol. The van der Waals surface area contributed by atoms with E-state index in [1.165, 1.54) is 23.5 Å². The van der Waals surface area contributed by atoms with Crippen LogP contribution in [-0.2, 0) is 14.3 Å². The van der Waals surface area contributed by atoms with E-state index >= 15 is 0 Å². The molecule has 0 rings (SSSR count). The molecule has 0 heterocycles. The number of hydrogen-bond acceptors (Lipinski definition) is 7. The van der Waals surface area contributed by atoms with Gasteiger partial charge in [0.15, 0.2) is 5.78 Å². The van der Waals surface area contributed by atoms with Crippen molar-refractivity contribution in [3.8, 4) is 0 Å². The fourth-order valence-electron chi connectivity index (χ4n) is 0.640. The SMILES string of the molecule is CCOC(=S)SCC(=O)CSC(=S)OCC. The number of thiocarbonyl (C=S) groups is 2. The van der Waals surface area contributed by atoms with Crippen molar-refractivity contribution in [2.45, 2.75) is 13.8 Å². The second kappa shape index (κ2) is 10.3. The molecule has 92 valence electrons. The summed E-state index contributed by atoms with van der Waals surface area (Å²) in [5, 5.41) is 0. The lowest BCUT2D eigenvalue weighted by atomic mass is 10.5. The summed E-state index contributed by atoms with van der Waals surface area (Å²) in [4.78, 5) is 11.4. The minimum absolute atomic E-state index is 0.0686. The Morgan fingerprint density at radius 2 is 1.38 bits per heavy atom. The Balaban J connectivity index is 3.59. The van der Waals surface area contributed by atoms with E-state index < -0.39 is 0 Å². The maximum Gasteiger partial charge on any atom is 0.220 e. The van der Waals surface area contributed by atoms with E-state index in [9.17, 15) is 4.79 Å². The number of thioether (sulfide) groups is 2. The van der Waals surface area contributed by atoms with Gasteiger partial charge in [0.2, 0.25) is 8.77 Å². The van der Waals surface area contributed by atoms with E-state index in [0.29, 0.717) is 33.5 Å². The summed E-state index contributed by atoms with van der Waals surface area (Å²) in [7, 11) is 0. The Hall–Kier alpha value is 0.150. The maximum absolute atomic E-state index is 11.4. The quantitative estimate of drug-likeness (QED) is 0.698. The smallest absolute Gasteiger partial charge is 0.220 e. The molecule has 0 saturated heterocycles. The average molecular weight is 298 g/mol. The molecule has 0 saturated carbocycles. The van der Waals surface area contributed by atoms with Crippen LogP contribution in [0.4, 0.5) is 0 Å². The molecule has 0 fully saturated rings. The molecule has 0 aromatic heterocycles. The van der Waals surface area contributed by atoms with E-state index in [-0.39, 0.29) is 5.78 Å². The number of Topliss-reactive ketones (excluding diaryl/α,β-unsaturated/α-hetero) is 1. The van der Waals surface area contributed by atoms with Crippen molar-refractivity contribution < 1.29 is 14.3 Å². The molecule has 0 aromatic rings. The predicted molar refractivity (Wildman–Crippen MR) is 78.4 cm³/mol. The molecule has 0 aromatic carbocycles. The molecule has 0 atom stereocenters. The summed E-state index contributed by atoms with van der Waals surface area (Å²) in [6.45, 7) is 4.77. The standard InChI is InChI=1S/C9H14O3S4/c1-3-11-8(13)15-5-7(10)6-16-9(14)12-4-2/h3-6H2,1-2H3. The summed E-state index contributed by atoms with van der Waals surface area (Å²) in [6.07, 6.45) is 0. The van der Waals surface area contributed by atoms with E-state index in [2.05, 4.69) is 0 Å². The van der Waals surface area contributed by atoms with E-state index in [1.54, 1.807) is 0 Å². The second-order valence-electron chi connectivity index (χ2n) is 2.48. The summed E-state index contributed by atoms with van der Waals surface area (Å²) in [5.74, 6) is 0.709. The van der Waals surface area contributed by atoms with E-state index in [0.717, 1.165) is 0 Å². The van der Waals surface area contributed by atoms with Gasteiger partial charge in [0, 0.05) is 0 Å². The van der Waals surface area contributed by atoms with Crippen molar-refractivity contribution in [1.29, 1.82) is 0 Å². The number of carbonyl (C=O) groups excluding carboxylic acids is 1. The molecule has 0 unspecified atom stereocenters. The van der Waals surface area contributed by atoms with Crippen LogP contribution in [0.15, 0.2) is 0 Å². The predicted octanol–water partition coefficient (Wildman–Crippen LogP) is 2.66. The van der Waals surface area contributed by atoms with Gasteiger partial charge in [-0.2, -0.15) is 0 Å². The summed E-state index contributed by atoms with van der Waals surface area (Å²) in [6, 6.07) is 0. The van der Waals surface area contributed by atoms with Gasteiger partial charge in [0.1, 0.15) is 0 Å². The number of hydrogen-bond donors (Lipinski definition) is 0. The highest BCUT2D eigenvalue weighted by Gasteiger charge is 2.08. The first kappa shape index (κ1) is 16.1. The zero-order chi connectivity index (χ0) is 12.4. The Morgan fingerprint density at radius 3 is 1.69 bits per heavy atom. The zero-order valence-electron chi connectivity index (χ0n) is 9.19. The molecular formula is C9H14O3S4. The first-order valence-corrected chi connectivity index (χ1v) is 7.49. The third-order valence-electron chi connectivity index (χ3n) is 1.23. The van der Waals surface area contributed by atoms with Gasteiger partial charge >= 0.3 is 0 Å². The van der Waals surface area contributed by atoms with Gasteiger partial charge in [0.25, 0.3) is 0 Å². The molecule has 0 aliphatic carbocycles. The van der Waals surface area contributed by atoms with Gasteiger partial charge in [0.05, 0.1) is 24.7 Å². The molecule has 0 aliphatic heterocycles. The van der Waals surface area contributed by atoms with Crippen molar-refractivity contribution in [3.05, 3.63) is 0 Å². The van der Waals surface area contributed by atoms with Crippen molar-refractivity contribution in [3.63, 3.8) is 0 Å². The Morgan fingerprint density at radius 1 is 1.00 bits per heavy atom. The first-order chi connectivity index (χ1) is 7.60. The monoisotopic (exact) mass is 298 g/mol. The van der Waals surface area contributed by atoms with Crippen LogP contribution < -0.4 is 0 Å². The highest BCUT2D eigenvalue weighted by Crippen LogP contribution is 2.10. The molecule has 0 radical (unpaired) electrons. The van der Waals surface area contributed by atoms with Gasteiger partial charge in [-0.3, -0.25) is 4.79 Å². The van der Waals surface area contributed by atoms with Gasteiger partial charge in [-0.25, -0.2) is 0 Å². The second-order valence-corrected chi connectivity index (χ2v) is 5.64. The fourth-order valence-corrected chi connectivity index (χ4v) is 2.52. The van der Waals surface area contributed by atoms with Gasteiger partial charge in [-0.05, 0) is 38.3 Å². The lowest BCUT2D eigenvalue weighted by Crippen LogP contribution is -2.10. The van der Waals surface area contributed by atoms with E-state index in [4.69, 9.17) is 33.9 Å². The van der Waals surface area contributed by atoms with Crippen molar-refractivity contribution in [2.75, 3.05) is 24.7 Å². The highest BCUT2D eigenvalue weighted by atomic mass is 32.2. The molecule has 0 amide bonds. The minimum atomic E-state index is 0.0686. The molecule has 7 heteroatoms. The third-order valence-corrected chi connectivity index (χ3v) is 3.81. The Bertz CT molecular complexity index is 231. The first-order valence-electron chi connectivity index (χ1n) is 4.70. The van der Waals surface area contributed by atoms with Gasteiger partial charge < -0.3 is 9.47 Å². The van der Waals surface area contributed by atoms with Crippen molar-refractivity contribution in [2.24, 2.45) is 0 Å². The summed E-state index contributed by atoms with van der Waals surface area (Å²) < 4.78 is 10.9. The topological polar surface area (TPSA) is 35.5 Å². The number of carbonyl (C=O) groups is 1. The fraction of sp³-hybridized carbons (Fsp3) is 0.667. The molecule has 0 bridgehead atoms. The van der Waals surface area contributed by atoms with Crippen LogP contribution >= 0.6 is 48.0 Å². The van der Waals surface area contributed by atoms with Crippen LogP contribution in [-0.4, -0.2) is 39.3 Å². The largest absolute Gasteiger partial charge is 0.479 e. The zero-order valence-corrected chi connectivity index (χ0v) is 12.5. The third kappa shape index (κ3) is 9.38. The number of rotatable bonds is 6. The average Bonchev–Trinajstić information content (AvgIpc) is 2.24. The van der Waals surface area contributed by atoms with Gasteiger partial charge in [-0.1, -0.05) is 23.5 Å². The normalized spacial score (nSPS) is 9.62. The summed E-state index contributed by atoms with van der Waals surface area (Å²) in [5.41, 5.74) is 0. The van der Waals surface area contributed by atoms with Gasteiger partial charge in [-0.15, -0.1) is 0 Å². The summed E-state index contributed by atoms with van der Waals surface area (Å²) >= 11 is 12.2. The lowest BCUT2D eigenvalue weighted by molar-refractivity contribution is -0.114. The van der Waals surface area contributed by atoms with Crippen LogP contribution in [0.3, 0.4) is 0 Å². The van der Waals surface area contributed by atoms with Crippen LogP contribution in [0.1, 0.15) is 13.8 Å². The number of ketones is 1. The number of ether oxygens (including phenoxy) is 2. The Kier molecular flexibility index (Phi) is 10.4. The molecule has 16 heavy (non-hydrogen) atoms. The van der Waals surface area contributed by atoms with Crippen LogP contribution in [0.2, 0.25) is 0 Å². The van der Waals surface area contributed by atoms with Crippen LogP contribution in [0.25, 0.3) is 0 Å². The molecule has 0 spiro atoms. The van der Waals surface area contributed by atoms with E-state index in [1.807, 2.05) is 13.8 Å². The van der Waals surface area contributed by atoms with Crippen molar-refractivity contribution >= 4 is 62.5 Å². The molecule has 0 aliphatic rings. The maximum atomic E-state index is 11.4. The minimum Gasteiger partial charge on any atom is -0.479 e. The van der Waals surface area contributed by atoms with Crippen LogP contribution in [0.5, 0.6) is 0 Å². The molecule has 0 N–H and O–H groups in total. The molecule has 3 nitrogen and oxygen atoms in total. The Labute approximate surface area is 115 Å². The van der Waals surface area contributed by atoms with Crippen molar-refractivity contribution in [1.82, 2.24) is 0 Å². The lowest BCUT2D eigenvalue weighted by Gasteiger charge is -2.04. The van der Waals surface area contributed by atoms with Crippen LogP contribution in [0, 0.1) is 0 Å². The highest BCUT2D eigenvalue weighted by molar-refractivity contribution is 8.24.